The predicted octanol–water partition coefficient (Wildman–Crippen LogP) is 4.14. The van der Waals surface area contributed by atoms with Gasteiger partial charge >= 0.3 is 0 Å². The lowest BCUT2D eigenvalue weighted by molar-refractivity contribution is 0.0996. The van der Waals surface area contributed by atoms with Crippen LogP contribution in [0.5, 0.6) is 5.75 Å². The van der Waals surface area contributed by atoms with Crippen molar-refractivity contribution in [3.8, 4) is 5.75 Å². The zero-order valence-corrected chi connectivity index (χ0v) is 16.1. The number of ether oxygens (including phenoxy) is 2. The van der Waals surface area contributed by atoms with E-state index in [1.807, 2.05) is 29.7 Å². The maximum absolute atomic E-state index is 12.6. The minimum absolute atomic E-state index is 0.369. The lowest BCUT2D eigenvalue weighted by Gasteiger charge is -2.08. The normalized spacial score (nSPS) is 11.9. The van der Waals surface area contributed by atoms with Crippen LogP contribution in [0.3, 0.4) is 0 Å². The summed E-state index contributed by atoms with van der Waals surface area (Å²) in [6.07, 6.45) is 0. The summed E-state index contributed by atoms with van der Waals surface area (Å²) < 4.78 is 13.9. The van der Waals surface area contributed by atoms with Crippen LogP contribution in [0.1, 0.15) is 17.3 Å². The molecule has 136 valence electrons. The van der Waals surface area contributed by atoms with Crippen molar-refractivity contribution in [2.75, 3.05) is 20.3 Å². The largest absolute Gasteiger partial charge is 0.495 e. The average molecular weight is 391 g/mol. The maximum atomic E-state index is 12.6. The molecule has 0 saturated carbocycles. The molecule has 0 aliphatic rings. The van der Waals surface area contributed by atoms with E-state index in [1.54, 1.807) is 31.4 Å². The molecule has 0 saturated heterocycles. The molecular formula is C19H19ClN2O3S. The molecule has 3 aromatic rings. The van der Waals surface area contributed by atoms with E-state index in [-0.39, 0.29) is 5.91 Å². The molecule has 26 heavy (non-hydrogen) atoms. The van der Waals surface area contributed by atoms with Crippen molar-refractivity contribution in [1.82, 2.24) is 4.57 Å². The summed E-state index contributed by atoms with van der Waals surface area (Å²) in [5.41, 5.74) is 1.29. The van der Waals surface area contributed by atoms with Crippen LogP contribution in [0, 0.1) is 0 Å². The number of hydrogen-bond acceptors (Lipinski definition) is 4. The number of thiazole rings is 1. The van der Waals surface area contributed by atoms with E-state index >= 15 is 0 Å². The van der Waals surface area contributed by atoms with Crippen molar-refractivity contribution >= 4 is 39.1 Å². The highest BCUT2D eigenvalue weighted by molar-refractivity contribution is 7.16. The predicted molar refractivity (Wildman–Crippen MR) is 104 cm³/mol. The van der Waals surface area contributed by atoms with E-state index < -0.39 is 0 Å². The van der Waals surface area contributed by atoms with E-state index in [4.69, 9.17) is 21.1 Å². The number of methoxy groups -OCH3 is 1. The maximum Gasteiger partial charge on any atom is 0.281 e. The summed E-state index contributed by atoms with van der Waals surface area (Å²) in [4.78, 5) is 17.5. The molecule has 0 unspecified atom stereocenters. The molecule has 1 aromatic heterocycles. The highest BCUT2D eigenvalue weighted by atomic mass is 35.5. The highest BCUT2D eigenvalue weighted by Gasteiger charge is 2.14. The Bertz CT molecular complexity index is 994. The molecule has 0 spiro atoms. The molecule has 2 aromatic carbocycles. The first-order valence-corrected chi connectivity index (χ1v) is 9.42. The molecule has 7 heteroatoms. The van der Waals surface area contributed by atoms with Crippen molar-refractivity contribution in [3.63, 3.8) is 0 Å². The molecule has 0 fully saturated rings. The van der Waals surface area contributed by atoms with Crippen molar-refractivity contribution in [2.45, 2.75) is 13.5 Å². The second-order valence-electron chi connectivity index (χ2n) is 5.44. The number of hydrogen-bond donors (Lipinski definition) is 0. The molecule has 0 radical (unpaired) electrons. The third kappa shape index (κ3) is 3.82. The van der Waals surface area contributed by atoms with Crippen molar-refractivity contribution < 1.29 is 14.3 Å². The fourth-order valence-electron chi connectivity index (χ4n) is 2.64. The van der Waals surface area contributed by atoms with Gasteiger partial charge in [-0.05, 0) is 31.2 Å². The number of carbonyl (C=O) groups is 1. The van der Waals surface area contributed by atoms with Gasteiger partial charge in [0, 0.05) is 13.2 Å². The Morgan fingerprint density at radius 1 is 1.23 bits per heavy atom. The van der Waals surface area contributed by atoms with Crippen LogP contribution in [0.2, 0.25) is 5.02 Å². The summed E-state index contributed by atoms with van der Waals surface area (Å²) in [5, 5.41) is 0.390. The Labute approximate surface area is 160 Å². The lowest BCUT2D eigenvalue weighted by Crippen LogP contribution is -2.20. The van der Waals surface area contributed by atoms with Crippen LogP contribution < -0.4 is 9.54 Å². The molecule has 3 rings (SSSR count). The molecular weight excluding hydrogens is 372 g/mol. The van der Waals surface area contributed by atoms with Gasteiger partial charge in [0.2, 0.25) is 0 Å². The van der Waals surface area contributed by atoms with Gasteiger partial charge in [0.1, 0.15) is 11.3 Å². The summed E-state index contributed by atoms with van der Waals surface area (Å²) >= 11 is 7.57. The van der Waals surface area contributed by atoms with Gasteiger partial charge in [-0.1, -0.05) is 41.1 Å². The van der Waals surface area contributed by atoms with Gasteiger partial charge in [-0.3, -0.25) is 4.79 Å². The fraction of sp³-hybridized carbons (Fsp3) is 0.263. The number of para-hydroxylation sites is 1. The molecule has 0 atom stereocenters. The highest BCUT2D eigenvalue weighted by Crippen LogP contribution is 2.27. The lowest BCUT2D eigenvalue weighted by atomic mass is 10.2. The van der Waals surface area contributed by atoms with Gasteiger partial charge in [-0.2, -0.15) is 4.99 Å². The van der Waals surface area contributed by atoms with Crippen LogP contribution in [-0.4, -0.2) is 30.8 Å². The molecule has 1 amide bonds. The molecule has 0 N–H and O–H groups in total. The second-order valence-corrected chi connectivity index (χ2v) is 6.85. The minimum Gasteiger partial charge on any atom is -0.495 e. The number of fused-ring (bicyclic) bond motifs is 1. The molecule has 1 heterocycles. The zero-order chi connectivity index (χ0) is 18.5. The smallest absolute Gasteiger partial charge is 0.281 e. The van der Waals surface area contributed by atoms with Gasteiger partial charge in [-0.25, -0.2) is 0 Å². The molecule has 5 nitrogen and oxygen atoms in total. The Morgan fingerprint density at radius 3 is 2.77 bits per heavy atom. The van der Waals surface area contributed by atoms with Crippen LogP contribution in [0.4, 0.5) is 0 Å². The van der Waals surface area contributed by atoms with Crippen molar-refractivity contribution in [1.29, 1.82) is 0 Å². The number of carbonyl (C=O) groups excluding carboxylic acids is 1. The van der Waals surface area contributed by atoms with Crippen molar-refractivity contribution in [3.05, 3.63) is 57.9 Å². The number of aromatic nitrogens is 1. The number of benzene rings is 2. The number of rotatable bonds is 6. The van der Waals surface area contributed by atoms with Gasteiger partial charge in [0.05, 0.1) is 29.0 Å². The number of halogens is 1. The van der Waals surface area contributed by atoms with E-state index in [0.717, 1.165) is 16.0 Å². The first kappa shape index (κ1) is 18.6. The monoisotopic (exact) mass is 390 g/mol. The van der Waals surface area contributed by atoms with E-state index in [9.17, 15) is 4.79 Å². The quantitative estimate of drug-likeness (QED) is 0.594. The molecule has 0 bridgehead atoms. The minimum atomic E-state index is -0.369. The first-order valence-electron chi connectivity index (χ1n) is 8.23. The number of amides is 1. The van der Waals surface area contributed by atoms with Crippen LogP contribution in [0.15, 0.2) is 47.5 Å². The Kier molecular flexibility index (Phi) is 6.08. The van der Waals surface area contributed by atoms with E-state index in [0.29, 0.717) is 35.1 Å². The summed E-state index contributed by atoms with van der Waals surface area (Å²) in [6, 6.07) is 12.7. The first-order chi connectivity index (χ1) is 12.7. The van der Waals surface area contributed by atoms with Crippen LogP contribution in [0.25, 0.3) is 10.2 Å². The summed E-state index contributed by atoms with van der Waals surface area (Å²) in [6.45, 7) is 3.67. The average Bonchev–Trinajstić information content (AvgIpc) is 2.99. The van der Waals surface area contributed by atoms with Crippen LogP contribution >= 0.6 is 22.9 Å². The van der Waals surface area contributed by atoms with Gasteiger partial charge in [0.25, 0.3) is 5.91 Å². The van der Waals surface area contributed by atoms with Gasteiger partial charge < -0.3 is 14.0 Å². The van der Waals surface area contributed by atoms with Gasteiger partial charge in [-0.15, -0.1) is 0 Å². The SMILES string of the molecule is CCOCCn1c(=NC(=O)c2ccccc2Cl)sc2cccc(OC)c21. The van der Waals surface area contributed by atoms with E-state index in [1.165, 1.54) is 11.3 Å². The Balaban J connectivity index is 2.13. The summed E-state index contributed by atoms with van der Waals surface area (Å²) in [7, 11) is 1.63. The van der Waals surface area contributed by atoms with Gasteiger partial charge in [0.15, 0.2) is 4.80 Å². The third-order valence-corrected chi connectivity index (χ3v) is 5.22. The van der Waals surface area contributed by atoms with E-state index in [2.05, 4.69) is 4.99 Å². The standard InChI is InChI=1S/C19H19ClN2O3S/c1-3-25-12-11-22-17-15(24-2)9-6-10-16(17)26-19(22)21-18(23)13-7-4-5-8-14(13)20/h4-10H,3,11-12H2,1-2H3. The third-order valence-electron chi connectivity index (χ3n) is 3.85. The Hall–Kier alpha value is -2.15. The topological polar surface area (TPSA) is 52.8 Å². The zero-order valence-electron chi connectivity index (χ0n) is 14.6. The number of nitrogens with zero attached hydrogens (tertiary/aromatic N) is 2. The summed E-state index contributed by atoms with van der Waals surface area (Å²) in [5.74, 6) is 0.369. The fourth-order valence-corrected chi connectivity index (χ4v) is 3.93. The molecule has 0 aliphatic carbocycles. The van der Waals surface area contributed by atoms with Crippen LogP contribution in [-0.2, 0) is 11.3 Å². The molecule has 0 aliphatic heterocycles. The van der Waals surface area contributed by atoms with Crippen molar-refractivity contribution in [2.24, 2.45) is 4.99 Å². The Morgan fingerprint density at radius 2 is 2.04 bits per heavy atom. The second kappa shape index (κ2) is 8.49.